The smallest absolute Gasteiger partial charge is 0.213 e. The summed E-state index contributed by atoms with van der Waals surface area (Å²) in [5.41, 5.74) is 0.917. The number of hydrogen-bond donors (Lipinski definition) is 0. The Morgan fingerprint density at radius 2 is 2.07 bits per heavy atom. The maximum atomic E-state index is 10.8. The molecule has 0 fully saturated rings. The summed E-state index contributed by atoms with van der Waals surface area (Å²) in [6.45, 7) is 0. The fraction of sp³-hybridized carbons (Fsp3) is 0.111. The van der Waals surface area contributed by atoms with Crippen LogP contribution in [0.3, 0.4) is 0 Å². The van der Waals surface area contributed by atoms with Crippen molar-refractivity contribution in [3.8, 4) is 0 Å². The zero-order valence-electron chi connectivity index (χ0n) is 7.55. The molecule has 1 aromatic rings. The molecular weight excluding hydrogens is 248 g/mol. The van der Waals surface area contributed by atoms with E-state index in [9.17, 15) is 5.21 Å². The number of nitrogens with zero attached hydrogens (tertiary/aromatic N) is 2. The summed E-state index contributed by atoms with van der Waals surface area (Å²) in [5, 5.41) is 14.0. The predicted octanol–water partition coefficient (Wildman–Crippen LogP) is 2.94. The fourth-order valence-electron chi connectivity index (χ4n) is 0.831. The highest BCUT2D eigenvalue weighted by molar-refractivity contribution is 9.10. The maximum absolute atomic E-state index is 10.8. The molecular formula is C9H9BrN2O2. The number of hydroxylamine groups is 1. The van der Waals surface area contributed by atoms with Crippen LogP contribution in [0.1, 0.15) is 5.56 Å². The van der Waals surface area contributed by atoms with Gasteiger partial charge in [-0.2, -0.15) is 0 Å². The third kappa shape index (κ3) is 3.57. The van der Waals surface area contributed by atoms with Gasteiger partial charge in [0.2, 0.25) is 11.5 Å². The fourth-order valence-corrected chi connectivity index (χ4v) is 1.10. The van der Waals surface area contributed by atoms with Gasteiger partial charge in [0.1, 0.15) is 7.11 Å². The molecule has 0 saturated heterocycles. The van der Waals surface area contributed by atoms with Crippen LogP contribution >= 0.6 is 15.9 Å². The van der Waals surface area contributed by atoms with Crippen molar-refractivity contribution in [1.29, 1.82) is 0 Å². The summed E-state index contributed by atoms with van der Waals surface area (Å²) in [4.78, 5) is 4.64. The first-order valence-corrected chi connectivity index (χ1v) is 4.66. The number of hydrogen-bond acceptors (Lipinski definition) is 3. The van der Waals surface area contributed by atoms with Gasteiger partial charge < -0.3 is 10.0 Å². The molecule has 0 heterocycles. The van der Waals surface area contributed by atoms with Crippen LogP contribution in [0.15, 0.2) is 40.2 Å². The Kier molecular flexibility index (Phi) is 4.12. The highest BCUT2D eigenvalue weighted by Gasteiger charge is 1.90. The van der Waals surface area contributed by atoms with Gasteiger partial charge in [-0.3, -0.25) is 0 Å². The first-order chi connectivity index (χ1) is 6.72. The van der Waals surface area contributed by atoms with E-state index in [0.717, 1.165) is 10.0 Å². The molecule has 74 valence electrons. The van der Waals surface area contributed by atoms with Crippen molar-refractivity contribution < 1.29 is 9.70 Å². The molecule has 0 radical (unpaired) electrons. The van der Waals surface area contributed by atoms with E-state index in [1.807, 2.05) is 24.3 Å². The molecule has 1 aromatic carbocycles. The molecule has 0 aromatic heterocycles. The summed E-state index contributed by atoms with van der Waals surface area (Å²) < 4.78 is 0.996. The topological polar surface area (TPSA) is 47.7 Å². The van der Waals surface area contributed by atoms with Gasteiger partial charge in [-0.15, -0.1) is 0 Å². The summed E-state index contributed by atoms with van der Waals surface area (Å²) in [7, 11) is 1.32. The molecule has 0 N–H and O–H groups in total. The van der Waals surface area contributed by atoms with Crippen molar-refractivity contribution in [3.63, 3.8) is 0 Å². The average Bonchev–Trinajstić information content (AvgIpc) is 2.17. The minimum absolute atomic E-state index is 0.349. The van der Waals surface area contributed by atoms with Gasteiger partial charge in [-0.05, 0) is 22.6 Å². The normalized spacial score (nSPS) is 12.0. The Bertz CT molecular complexity index is 346. The lowest BCUT2D eigenvalue weighted by molar-refractivity contribution is -0.490. The Hall–Kier alpha value is -1.36. The van der Waals surface area contributed by atoms with Gasteiger partial charge in [0.05, 0.1) is 0 Å². The van der Waals surface area contributed by atoms with Gasteiger partial charge in [-0.1, -0.05) is 28.1 Å². The highest BCUT2D eigenvalue weighted by atomic mass is 79.9. The summed E-state index contributed by atoms with van der Waals surface area (Å²) >= 11 is 3.32. The van der Waals surface area contributed by atoms with Crippen LogP contribution in [0.2, 0.25) is 0 Å². The molecule has 14 heavy (non-hydrogen) atoms. The van der Waals surface area contributed by atoms with Crippen LogP contribution in [0, 0.1) is 5.21 Å². The molecule has 0 atom stereocenters. The van der Waals surface area contributed by atoms with Crippen LogP contribution in [-0.2, 0) is 4.84 Å². The molecule has 4 nitrogen and oxygen atoms in total. The van der Waals surface area contributed by atoms with Gasteiger partial charge in [-0.25, -0.2) is 0 Å². The SMILES string of the molecule is CO/N=[N+]([O-])\C=C\c1ccc(Br)cc1. The standard InChI is InChI=1S/C9H9BrN2O2/c1-14-11-12(13)7-6-8-2-4-9(10)5-3-8/h2-7H,1H3/b7-6+,12-11+. The van der Waals surface area contributed by atoms with E-state index >= 15 is 0 Å². The summed E-state index contributed by atoms with van der Waals surface area (Å²) in [5.74, 6) is 0. The Morgan fingerprint density at radius 3 is 2.64 bits per heavy atom. The monoisotopic (exact) mass is 256 g/mol. The van der Waals surface area contributed by atoms with Gasteiger partial charge in [0, 0.05) is 10.5 Å². The Labute approximate surface area is 90.2 Å². The Balaban J connectivity index is 2.69. The van der Waals surface area contributed by atoms with Gasteiger partial charge in [0.15, 0.2) is 0 Å². The van der Waals surface area contributed by atoms with Gasteiger partial charge >= 0.3 is 0 Å². The zero-order chi connectivity index (χ0) is 10.4. The first-order valence-electron chi connectivity index (χ1n) is 3.86. The Morgan fingerprint density at radius 1 is 1.43 bits per heavy atom. The molecule has 0 saturated carbocycles. The predicted molar refractivity (Wildman–Crippen MR) is 56.2 cm³/mol. The van der Waals surface area contributed by atoms with E-state index in [1.165, 1.54) is 13.3 Å². The quantitative estimate of drug-likeness (QED) is 0.474. The molecule has 0 amide bonds. The van der Waals surface area contributed by atoms with E-state index < -0.39 is 0 Å². The van der Waals surface area contributed by atoms with E-state index in [2.05, 4.69) is 26.0 Å². The minimum Gasteiger partial charge on any atom is -0.592 e. The first kappa shape index (κ1) is 10.7. The van der Waals surface area contributed by atoms with E-state index in [0.29, 0.717) is 4.86 Å². The lowest BCUT2D eigenvalue weighted by atomic mass is 10.2. The molecule has 0 spiro atoms. The summed E-state index contributed by atoms with van der Waals surface area (Å²) in [6.07, 6.45) is 2.91. The van der Waals surface area contributed by atoms with Gasteiger partial charge in [0.25, 0.3) is 0 Å². The molecule has 0 aliphatic rings. The van der Waals surface area contributed by atoms with Crippen molar-refractivity contribution in [2.75, 3.05) is 7.11 Å². The second-order valence-corrected chi connectivity index (χ2v) is 3.35. The molecule has 1 rings (SSSR count). The van der Waals surface area contributed by atoms with E-state index in [-0.39, 0.29) is 0 Å². The van der Waals surface area contributed by atoms with E-state index in [1.54, 1.807) is 6.08 Å². The van der Waals surface area contributed by atoms with Crippen LogP contribution in [-0.4, -0.2) is 12.0 Å². The number of rotatable bonds is 3. The van der Waals surface area contributed by atoms with Crippen LogP contribution in [0.5, 0.6) is 0 Å². The lowest BCUT2D eigenvalue weighted by Gasteiger charge is -1.93. The lowest BCUT2D eigenvalue weighted by Crippen LogP contribution is -1.88. The van der Waals surface area contributed by atoms with Crippen molar-refractivity contribution in [2.45, 2.75) is 0 Å². The molecule has 5 heteroatoms. The van der Waals surface area contributed by atoms with Crippen LogP contribution < -0.4 is 0 Å². The molecule has 0 aliphatic heterocycles. The largest absolute Gasteiger partial charge is 0.592 e. The second kappa shape index (κ2) is 5.39. The molecule has 0 bridgehead atoms. The zero-order valence-corrected chi connectivity index (χ0v) is 9.14. The van der Waals surface area contributed by atoms with Crippen LogP contribution in [0.4, 0.5) is 0 Å². The molecule has 0 unspecified atom stereocenters. The van der Waals surface area contributed by atoms with Crippen molar-refractivity contribution in [3.05, 3.63) is 45.7 Å². The van der Waals surface area contributed by atoms with Crippen molar-refractivity contribution >= 4 is 22.0 Å². The second-order valence-electron chi connectivity index (χ2n) is 2.43. The maximum Gasteiger partial charge on any atom is 0.213 e. The third-order valence-electron chi connectivity index (χ3n) is 1.43. The van der Waals surface area contributed by atoms with Crippen molar-refractivity contribution in [1.82, 2.24) is 0 Å². The summed E-state index contributed by atoms with van der Waals surface area (Å²) in [6, 6.07) is 7.53. The number of benzene rings is 1. The molecule has 0 aliphatic carbocycles. The minimum atomic E-state index is 0.349. The number of halogens is 1. The average molecular weight is 257 g/mol. The third-order valence-corrected chi connectivity index (χ3v) is 1.96. The van der Waals surface area contributed by atoms with Crippen LogP contribution in [0.25, 0.3) is 6.08 Å². The highest BCUT2D eigenvalue weighted by Crippen LogP contribution is 2.11. The van der Waals surface area contributed by atoms with Crippen molar-refractivity contribution in [2.24, 2.45) is 5.28 Å². The van der Waals surface area contributed by atoms with E-state index in [4.69, 9.17) is 0 Å².